The first-order chi connectivity index (χ1) is 8.63. The van der Waals surface area contributed by atoms with Crippen LogP contribution in [0.2, 0.25) is 0 Å². The molecule has 1 aliphatic heterocycles. The zero-order valence-corrected chi connectivity index (χ0v) is 12.0. The second kappa shape index (κ2) is 6.10. The van der Waals surface area contributed by atoms with Crippen LogP contribution >= 0.6 is 15.9 Å². The van der Waals surface area contributed by atoms with Gasteiger partial charge in [-0.15, -0.1) is 0 Å². The van der Waals surface area contributed by atoms with Gasteiger partial charge in [0.1, 0.15) is 5.82 Å². The van der Waals surface area contributed by atoms with Gasteiger partial charge < -0.3 is 10.5 Å². The maximum absolute atomic E-state index is 13.4. The number of likely N-dealkylation sites (N-methyl/N-ethyl adjacent to an activating group) is 1. The highest BCUT2D eigenvalue weighted by atomic mass is 79.9. The van der Waals surface area contributed by atoms with Crippen LogP contribution in [0.15, 0.2) is 22.7 Å². The van der Waals surface area contributed by atoms with Crippen LogP contribution in [0.4, 0.5) is 4.39 Å². The summed E-state index contributed by atoms with van der Waals surface area (Å²) in [4.78, 5) is 2.19. The summed E-state index contributed by atoms with van der Waals surface area (Å²) in [5, 5.41) is 0. The zero-order valence-electron chi connectivity index (χ0n) is 10.4. The molecule has 0 amide bonds. The van der Waals surface area contributed by atoms with Crippen LogP contribution in [0.5, 0.6) is 0 Å². The standard InChI is InChI=1S/C13H18BrFN2O/c1-17(10-4-5-18-8-10)13(7-16)11-6-9(15)2-3-12(11)14/h2-3,6,10,13H,4-5,7-8,16H2,1H3. The van der Waals surface area contributed by atoms with Crippen molar-refractivity contribution in [3.05, 3.63) is 34.1 Å². The molecule has 1 aliphatic rings. The Morgan fingerprint density at radius 3 is 3.00 bits per heavy atom. The smallest absolute Gasteiger partial charge is 0.123 e. The van der Waals surface area contributed by atoms with Crippen molar-refractivity contribution in [1.82, 2.24) is 4.90 Å². The summed E-state index contributed by atoms with van der Waals surface area (Å²) in [6.07, 6.45) is 1.000. The summed E-state index contributed by atoms with van der Waals surface area (Å²) in [7, 11) is 2.02. The summed E-state index contributed by atoms with van der Waals surface area (Å²) in [5.41, 5.74) is 6.76. The first kappa shape index (κ1) is 13.9. The third-order valence-corrected chi connectivity index (χ3v) is 4.24. The van der Waals surface area contributed by atoms with E-state index in [1.807, 2.05) is 7.05 Å². The highest BCUT2D eigenvalue weighted by molar-refractivity contribution is 9.10. The molecule has 100 valence electrons. The van der Waals surface area contributed by atoms with Gasteiger partial charge in [-0.3, -0.25) is 4.90 Å². The predicted molar refractivity (Wildman–Crippen MR) is 72.9 cm³/mol. The fourth-order valence-corrected chi connectivity index (χ4v) is 2.89. The maximum Gasteiger partial charge on any atom is 0.123 e. The van der Waals surface area contributed by atoms with E-state index in [-0.39, 0.29) is 11.9 Å². The summed E-state index contributed by atoms with van der Waals surface area (Å²) in [5.74, 6) is -0.234. The Labute approximate surface area is 115 Å². The first-order valence-electron chi connectivity index (χ1n) is 6.08. The van der Waals surface area contributed by atoms with Crippen molar-refractivity contribution >= 4 is 15.9 Å². The number of ether oxygens (including phenoxy) is 1. The van der Waals surface area contributed by atoms with Gasteiger partial charge in [0, 0.05) is 29.7 Å². The molecule has 0 saturated carbocycles. The molecule has 0 spiro atoms. The van der Waals surface area contributed by atoms with E-state index in [4.69, 9.17) is 10.5 Å². The number of nitrogens with two attached hydrogens (primary N) is 1. The number of halogens is 2. The van der Waals surface area contributed by atoms with E-state index in [0.29, 0.717) is 12.6 Å². The number of hydrogen-bond acceptors (Lipinski definition) is 3. The fraction of sp³-hybridized carbons (Fsp3) is 0.538. The number of nitrogens with zero attached hydrogens (tertiary/aromatic N) is 1. The van der Waals surface area contributed by atoms with Gasteiger partial charge in [0.05, 0.1) is 6.61 Å². The zero-order chi connectivity index (χ0) is 13.1. The molecule has 2 rings (SSSR count). The molecule has 1 saturated heterocycles. The van der Waals surface area contributed by atoms with Crippen molar-refractivity contribution in [3.63, 3.8) is 0 Å². The number of hydrogen-bond donors (Lipinski definition) is 1. The molecule has 0 bridgehead atoms. The molecule has 3 nitrogen and oxygen atoms in total. The van der Waals surface area contributed by atoms with Crippen LogP contribution in [-0.2, 0) is 4.74 Å². The Balaban J connectivity index is 2.23. The topological polar surface area (TPSA) is 38.5 Å². The summed E-state index contributed by atoms with van der Waals surface area (Å²) >= 11 is 3.47. The van der Waals surface area contributed by atoms with Crippen molar-refractivity contribution in [3.8, 4) is 0 Å². The Morgan fingerprint density at radius 2 is 2.39 bits per heavy atom. The lowest BCUT2D eigenvalue weighted by molar-refractivity contribution is 0.134. The third-order valence-electron chi connectivity index (χ3n) is 3.51. The van der Waals surface area contributed by atoms with Gasteiger partial charge in [-0.05, 0) is 37.2 Å². The molecule has 2 unspecified atom stereocenters. The minimum atomic E-state index is -0.234. The highest BCUT2D eigenvalue weighted by Crippen LogP contribution is 2.30. The monoisotopic (exact) mass is 316 g/mol. The summed E-state index contributed by atoms with van der Waals surface area (Å²) in [6, 6.07) is 5.08. The second-order valence-electron chi connectivity index (χ2n) is 4.60. The molecule has 2 N–H and O–H groups in total. The van der Waals surface area contributed by atoms with Crippen molar-refractivity contribution in [2.75, 3.05) is 26.8 Å². The van der Waals surface area contributed by atoms with Crippen molar-refractivity contribution in [2.45, 2.75) is 18.5 Å². The van der Waals surface area contributed by atoms with E-state index >= 15 is 0 Å². The molecule has 1 aromatic carbocycles. The molecular formula is C13H18BrFN2O. The minimum absolute atomic E-state index is 0.00164. The predicted octanol–water partition coefficient (Wildman–Crippen LogP) is 2.31. The Kier molecular flexibility index (Phi) is 4.72. The average molecular weight is 317 g/mol. The first-order valence-corrected chi connectivity index (χ1v) is 6.87. The van der Waals surface area contributed by atoms with Gasteiger partial charge in [0.2, 0.25) is 0 Å². The lowest BCUT2D eigenvalue weighted by Crippen LogP contribution is -2.39. The molecule has 0 radical (unpaired) electrons. The van der Waals surface area contributed by atoms with E-state index in [0.717, 1.165) is 29.7 Å². The van der Waals surface area contributed by atoms with Gasteiger partial charge in [0.25, 0.3) is 0 Å². The summed E-state index contributed by atoms with van der Waals surface area (Å²) in [6.45, 7) is 1.96. The van der Waals surface area contributed by atoms with Gasteiger partial charge >= 0.3 is 0 Å². The number of rotatable bonds is 4. The van der Waals surface area contributed by atoms with E-state index in [2.05, 4.69) is 20.8 Å². The largest absolute Gasteiger partial charge is 0.380 e. The molecule has 5 heteroatoms. The third kappa shape index (κ3) is 2.91. The van der Waals surface area contributed by atoms with Crippen LogP contribution in [0.1, 0.15) is 18.0 Å². The lowest BCUT2D eigenvalue weighted by atomic mass is 10.0. The number of benzene rings is 1. The van der Waals surface area contributed by atoms with Crippen LogP contribution in [0.3, 0.4) is 0 Å². The SMILES string of the molecule is CN(C1CCOC1)C(CN)c1cc(F)ccc1Br. The van der Waals surface area contributed by atoms with E-state index < -0.39 is 0 Å². The Hall–Kier alpha value is -0.490. The van der Waals surface area contributed by atoms with Gasteiger partial charge in [-0.1, -0.05) is 15.9 Å². The van der Waals surface area contributed by atoms with Crippen molar-refractivity contribution in [1.29, 1.82) is 0 Å². The van der Waals surface area contributed by atoms with Crippen LogP contribution in [-0.4, -0.2) is 37.7 Å². The Bertz CT molecular complexity index is 410. The highest BCUT2D eigenvalue weighted by Gasteiger charge is 2.27. The van der Waals surface area contributed by atoms with E-state index in [1.54, 1.807) is 12.1 Å². The minimum Gasteiger partial charge on any atom is -0.380 e. The van der Waals surface area contributed by atoms with E-state index in [9.17, 15) is 4.39 Å². The molecule has 1 fully saturated rings. The Morgan fingerprint density at radius 1 is 1.61 bits per heavy atom. The molecule has 18 heavy (non-hydrogen) atoms. The summed E-state index contributed by atoms with van der Waals surface area (Å²) < 4.78 is 19.7. The molecule has 1 aromatic rings. The van der Waals surface area contributed by atoms with Crippen LogP contribution in [0, 0.1) is 5.82 Å². The van der Waals surface area contributed by atoms with Crippen LogP contribution < -0.4 is 5.73 Å². The van der Waals surface area contributed by atoms with Gasteiger partial charge in [-0.2, -0.15) is 0 Å². The second-order valence-corrected chi connectivity index (χ2v) is 5.45. The molecule has 0 aromatic heterocycles. The molecular weight excluding hydrogens is 299 g/mol. The van der Waals surface area contributed by atoms with Crippen molar-refractivity contribution in [2.24, 2.45) is 5.73 Å². The fourth-order valence-electron chi connectivity index (χ4n) is 2.38. The normalized spacial score (nSPS) is 21.5. The molecule has 2 atom stereocenters. The van der Waals surface area contributed by atoms with Crippen molar-refractivity contribution < 1.29 is 9.13 Å². The van der Waals surface area contributed by atoms with Gasteiger partial charge in [-0.25, -0.2) is 4.39 Å². The average Bonchev–Trinajstić information content (AvgIpc) is 2.88. The van der Waals surface area contributed by atoms with Crippen LogP contribution in [0.25, 0.3) is 0 Å². The van der Waals surface area contributed by atoms with E-state index in [1.165, 1.54) is 6.07 Å². The van der Waals surface area contributed by atoms with Gasteiger partial charge in [0.15, 0.2) is 0 Å². The maximum atomic E-state index is 13.4. The quantitative estimate of drug-likeness (QED) is 0.926. The lowest BCUT2D eigenvalue weighted by Gasteiger charge is -2.32. The molecule has 1 heterocycles. The molecule has 0 aliphatic carbocycles.